The van der Waals surface area contributed by atoms with Crippen LogP contribution in [-0.4, -0.2) is 25.6 Å². The van der Waals surface area contributed by atoms with Gasteiger partial charge in [-0.1, -0.05) is 27.7 Å². The highest BCUT2D eigenvalue weighted by atomic mass is 35.5. The fourth-order valence-electron chi connectivity index (χ4n) is 2.24. The molecule has 1 unspecified atom stereocenters. The summed E-state index contributed by atoms with van der Waals surface area (Å²) in [4.78, 5) is 0. The van der Waals surface area contributed by atoms with Gasteiger partial charge in [0.1, 0.15) is 0 Å². The minimum atomic E-state index is -3.26. The zero-order chi connectivity index (χ0) is 13.9. The molecule has 0 fully saturated rings. The lowest BCUT2D eigenvalue weighted by atomic mass is 9.82. The van der Waals surface area contributed by atoms with Crippen molar-refractivity contribution < 1.29 is 8.42 Å². The van der Waals surface area contributed by atoms with Gasteiger partial charge in [-0.15, -0.1) is 11.6 Å². The number of halogens is 1. The monoisotopic (exact) mass is 283 g/mol. The summed E-state index contributed by atoms with van der Waals surface area (Å²) in [6.45, 7) is 12.0. The van der Waals surface area contributed by atoms with Gasteiger partial charge in [-0.25, -0.2) is 13.1 Å². The molecule has 0 spiro atoms. The number of sulfonamides is 1. The molecule has 17 heavy (non-hydrogen) atoms. The summed E-state index contributed by atoms with van der Waals surface area (Å²) >= 11 is 5.64. The Balaban J connectivity index is 4.60. The van der Waals surface area contributed by atoms with Gasteiger partial charge in [0.25, 0.3) is 0 Å². The van der Waals surface area contributed by atoms with E-state index in [0.29, 0.717) is 5.88 Å². The third kappa shape index (κ3) is 8.86. The highest BCUT2D eigenvalue weighted by molar-refractivity contribution is 7.89. The van der Waals surface area contributed by atoms with Gasteiger partial charge in [-0.2, -0.15) is 0 Å². The summed E-state index contributed by atoms with van der Waals surface area (Å²) < 4.78 is 26.6. The number of hydrogen-bond donors (Lipinski definition) is 1. The summed E-state index contributed by atoms with van der Waals surface area (Å²) in [5.41, 5.74) is -0.340. The molecule has 0 saturated carbocycles. The van der Waals surface area contributed by atoms with Crippen LogP contribution in [0.3, 0.4) is 0 Å². The first-order valence-electron chi connectivity index (χ1n) is 5.94. The standard InChI is InChI=1S/C12H26ClNO2S/c1-10(7-13)8-17(15,16)14-12(5,6)9-11(2,3)4/h10,14H,7-9H2,1-6H3. The maximum absolute atomic E-state index is 11.9. The summed E-state index contributed by atoms with van der Waals surface area (Å²) in [5, 5.41) is 0. The maximum atomic E-state index is 11.9. The molecule has 0 saturated heterocycles. The lowest BCUT2D eigenvalue weighted by Crippen LogP contribution is -2.47. The van der Waals surface area contributed by atoms with Crippen molar-refractivity contribution >= 4 is 21.6 Å². The summed E-state index contributed by atoms with van der Waals surface area (Å²) in [6.07, 6.45) is 0.786. The summed E-state index contributed by atoms with van der Waals surface area (Å²) in [7, 11) is -3.26. The Hall–Kier alpha value is 0.200. The van der Waals surface area contributed by atoms with Crippen LogP contribution in [0.15, 0.2) is 0 Å². The van der Waals surface area contributed by atoms with E-state index < -0.39 is 15.6 Å². The van der Waals surface area contributed by atoms with Gasteiger partial charge in [0.05, 0.1) is 5.75 Å². The number of rotatable bonds is 6. The second-order valence-corrected chi connectivity index (χ2v) is 8.84. The van der Waals surface area contributed by atoms with Gasteiger partial charge < -0.3 is 0 Å². The van der Waals surface area contributed by atoms with Crippen molar-refractivity contribution in [2.45, 2.75) is 53.5 Å². The summed E-state index contributed by atoms with van der Waals surface area (Å²) in [5.74, 6) is 0.421. The Morgan fingerprint density at radius 2 is 1.65 bits per heavy atom. The first-order chi connectivity index (χ1) is 7.37. The molecule has 0 amide bonds. The van der Waals surface area contributed by atoms with E-state index in [0.717, 1.165) is 6.42 Å². The van der Waals surface area contributed by atoms with E-state index in [4.69, 9.17) is 11.6 Å². The van der Waals surface area contributed by atoms with Crippen LogP contribution in [-0.2, 0) is 10.0 Å². The smallest absolute Gasteiger partial charge is 0.212 e. The average Bonchev–Trinajstić information content (AvgIpc) is 1.94. The molecule has 5 heteroatoms. The van der Waals surface area contributed by atoms with E-state index in [1.807, 2.05) is 20.8 Å². The van der Waals surface area contributed by atoms with E-state index in [-0.39, 0.29) is 17.1 Å². The molecule has 104 valence electrons. The molecule has 0 aliphatic rings. The molecule has 0 radical (unpaired) electrons. The topological polar surface area (TPSA) is 46.2 Å². The van der Waals surface area contributed by atoms with Crippen molar-refractivity contribution in [3.05, 3.63) is 0 Å². The maximum Gasteiger partial charge on any atom is 0.212 e. The minimum absolute atomic E-state index is 0.0281. The predicted octanol–water partition coefficient (Wildman–Crippen LogP) is 3.00. The Labute approximate surface area is 111 Å². The number of alkyl halides is 1. The fraction of sp³-hybridized carbons (Fsp3) is 1.00. The molecule has 1 atom stereocenters. The zero-order valence-corrected chi connectivity index (χ0v) is 13.4. The van der Waals surface area contributed by atoms with E-state index in [9.17, 15) is 8.42 Å². The molecule has 0 aliphatic carbocycles. The van der Waals surface area contributed by atoms with Crippen LogP contribution in [0.5, 0.6) is 0 Å². The van der Waals surface area contributed by atoms with Gasteiger partial charge >= 0.3 is 0 Å². The van der Waals surface area contributed by atoms with Gasteiger partial charge in [0.2, 0.25) is 10.0 Å². The molecule has 0 aromatic heterocycles. The lowest BCUT2D eigenvalue weighted by molar-refractivity contribution is 0.269. The zero-order valence-electron chi connectivity index (χ0n) is 11.8. The van der Waals surface area contributed by atoms with Crippen molar-refractivity contribution in [2.24, 2.45) is 11.3 Å². The second kappa shape index (κ2) is 5.89. The van der Waals surface area contributed by atoms with E-state index in [1.165, 1.54) is 0 Å². The SMILES string of the molecule is CC(CCl)CS(=O)(=O)NC(C)(C)CC(C)(C)C. The highest BCUT2D eigenvalue weighted by Crippen LogP contribution is 2.27. The molecule has 3 nitrogen and oxygen atoms in total. The van der Waals surface area contributed by atoms with Crippen LogP contribution < -0.4 is 4.72 Å². The molecular formula is C12H26ClNO2S. The number of hydrogen-bond acceptors (Lipinski definition) is 2. The van der Waals surface area contributed by atoms with Crippen molar-refractivity contribution in [2.75, 3.05) is 11.6 Å². The van der Waals surface area contributed by atoms with Gasteiger partial charge in [-0.05, 0) is 31.6 Å². The van der Waals surface area contributed by atoms with Crippen molar-refractivity contribution in [1.82, 2.24) is 4.72 Å². The third-order valence-corrected chi connectivity index (χ3v) is 4.57. The average molecular weight is 284 g/mol. The molecule has 1 N–H and O–H groups in total. The van der Waals surface area contributed by atoms with Crippen LogP contribution in [0, 0.1) is 11.3 Å². The van der Waals surface area contributed by atoms with Gasteiger partial charge in [0.15, 0.2) is 0 Å². The highest BCUT2D eigenvalue weighted by Gasteiger charge is 2.30. The lowest BCUT2D eigenvalue weighted by Gasteiger charge is -2.33. The van der Waals surface area contributed by atoms with E-state index >= 15 is 0 Å². The molecule has 0 aromatic rings. The fourth-order valence-corrected chi connectivity index (χ4v) is 4.35. The third-order valence-electron chi connectivity index (χ3n) is 2.17. The Bertz CT molecular complexity index is 331. The van der Waals surface area contributed by atoms with Crippen LogP contribution in [0.1, 0.15) is 48.0 Å². The van der Waals surface area contributed by atoms with Crippen molar-refractivity contribution in [3.8, 4) is 0 Å². The molecule has 0 aromatic carbocycles. The first-order valence-corrected chi connectivity index (χ1v) is 8.13. The van der Waals surface area contributed by atoms with Crippen molar-refractivity contribution in [3.63, 3.8) is 0 Å². The second-order valence-electron chi connectivity index (χ2n) is 6.76. The molecule has 0 aliphatic heterocycles. The molecular weight excluding hydrogens is 258 g/mol. The first kappa shape index (κ1) is 17.2. The predicted molar refractivity (Wildman–Crippen MR) is 75.0 cm³/mol. The molecule has 0 bridgehead atoms. The normalized spacial score (nSPS) is 15.9. The number of nitrogens with one attached hydrogen (secondary N) is 1. The van der Waals surface area contributed by atoms with Gasteiger partial charge in [-0.3, -0.25) is 0 Å². The molecule has 0 heterocycles. The molecule has 0 rings (SSSR count). The van der Waals surface area contributed by atoms with E-state index in [2.05, 4.69) is 25.5 Å². The van der Waals surface area contributed by atoms with Crippen LogP contribution in [0.25, 0.3) is 0 Å². The minimum Gasteiger partial charge on any atom is -0.212 e. The largest absolute Gasteiger partial charge is 0.212 e. The van der Waals surface area contributed by atoms with Crippen molar-refractivity contribution in [1.29, 1.82) is 0 Å². The van der Waals surface area contributed by atoms with Gasteiger partial charge in [0, 0.05) is 11.4 Å². The Kier molecular flexibility index (Phi) is 5.96. The Morgan fingerprint density at radius 1 is 1.18 bits per heavy atom. The quantitative estimate of drug-likeness (QED) is 0.762. The Morgan fingerprint density at radius 3 is 2.00 bits per heavy atom. The summed E-state index contributed by atoms with van der Waals surface area (Å²) in [6, 6.07) is 0. The van der Waals surface area contributed by atoms with Crippen LogP contribution >= 0.6 is 11.6 Å². The van der Waals surface area contributed by atoms with Crippen LogP contribution in [0.2, 0.25) is 0 Å². The van der Waals surface area contributed by atoms with E-state index in [1.54, 1.807) is 0 Å². The van der Waals surface area contributed by atoms with Crippen LogP contribution in [0.4, 0.5) is 0 Å².